The van der Waals surface area contributed by atoms with Crippen molar-refractivity contribution >= 4 is 27.5 Å². The molecule has 3 heteroatoms. The average molecular weight is 220 g/mol. The summed E-state index contributed by atoms with van der Waals surface area (Å²) >= 11 is 9.20. The minimum absolute atomic E-state index is 0.727. The van der Waals surface area contributed by atoms with Crippen molar-refractivity contribution in [1.82, 2.24) is 4.98 Å². The third kappa shape index (κ3) is 1.50. The lowest BCUT2D eigenvalue weighted by molar-refractivity contribution is 1.03. The molecule has 0 radical (unpaired) electrons. The standard InChI is InChI=1S/C7H7BrClN/c1-2-6-7(9)5(8)3-4-10-6/h3-4H,2H2,1H3. The number of aryl methyl sites for hydroxylation is 1. The van der Waals surface area contributed by atoms with Gasteiger partial charge in [0.1, 0.15) is 0 Å². The van der Waals surface area contributed by atoms with Gasteiger partial charge in [0, 0.05) is 10.7 Å². The van der Waals surface area contributed by atoms with Crippen LogP contribution in [0.4, 0.5) is 0 Å². The molecule has 10 heavy (non-hydrogen) atoms. The quantitative estimate of drug-likeness (QED) is 0.709. The van der Waals surface area contributed by atoms with Crippen molar-refractivity contribution in [2.45, 2.75) is 13.3 Å². The Morgan fingerprint density at radius 2 is 2.40 bits per heavy atom. The monoisotopic (exact) mass is 219 g/mol. The number of aromatic nitrogens is 1. The van der Waals surface area contributed by atoms with Gasteiger partial charge in [0.05, 0.1) is 10.7 Å². The predicted octanol–water partition coefficient (Wildman–Crippen LogP) is 3.06. The van der Waals surface area contributed by atoms with Gasteiger partial charge in [0.2, 0.25) is 0 Å². The van der Waals surface area contributed by atoms with Crippen LogP contribution in [-0.4, -0.2) is 4.98 Å². The molecule has 0 unspecified atom stereocenters. The maximum absolute atomic E-state index is 5.88. The molecule has 0 aliphatic rings. The van der Waals surface area contributed by atoms with Gasteiger partial charge in [-0.3, -0.25) is 4.98 Å². The highest BCUT2D eigenvalue weighted by Crippen LogP contribution is 2.24. The summed E-state index contributed by atoms with van der Waals surface area (Å²) in [7, 11) is 0. The van der Waals surface area contributed by atoms with Crippen LogP contribution in [0.25, 0.3) is 0 Å². The van der Waals surface area contributed by atoms with Crippen LogP contribution >= 0.6 is 27.5 Å². The molecule has 1 rings (SSSR count). The van der Waals surface area contributed by atoms with Crippen molar-refractivity contribution in [3.63, 3.8) is 0 Å². The first-order valence-electron chi connectivity index (χ1n) is 3.04. The first kappa shape index (κ1) is 8.02. The minimum atomic E-state index is 0.727. The fourth-order valence-electron chi connectivity index (χ4n) is 0.707. The van der Waals surface area contributed by atoms with Crippen LogP contribution in [0.1, 0.15) is 12.6 Å². The average Bonchev–Trinajstić information content (AvgIpc) is 1.95. The van der Waals surface area contributed by atoms with E-state index in [1.165, 1.54) is 0 Å². The van der Waals surface area contributed by atoms with Gasteiger partial charge in [-0.05, 0) is 28.4 Å². The number of hydrogen-bond donors (Lipinski definition) is 0. The highest BCUT2D eigenvalue weighted by Gasteiger charge is 2.01. The second kappa shape index (κ2) is 3.35. The summed E-state index contributed by atoms with van der Waals surface area (Å²) < 4.78 is 0.918. The summed E-state index contributed by atoms with van der Waals surface area (Å²) in [5.74, 6) is 0. The number of halogens is 2. The highest BCUT2D eigenvalue weighted by atomic mass is 79.9. The smallest absolute Gasteiger partial charge is 0.0763 e. The molecule has 1 nitrogen and oxygen atoms in total. The van der Waals surface area contributed by atoms with Crippen molar-refractivity contribution in [3.8, 4) is 0 Å². The molecule has 0 aromatic carbocycles. The Morgan fingerprint density at radius 1 is 1.70 bits per heavy atom. The van der Waals surface area contributed by atoms with E-state index in [1.807, 2.05) is 13.0 Å². The number of rotatable bonds is 1. The Kier molecular flexibility index (Phi) is 2.69. The maximum atomic E-state index is 5.88. The fourth-order valence-corrected chi connectivity index (χ4v) is 1.30. The zero-order valence-electron chi connectivity index (χ0n) is 5.56. The van der Waals surface area contributed by atoms with E-state index in [0.717, 1.165) is 21.6 Å². The second-order valence-electron chi connectivity index (χ2n) is 1.91. The number of pyridine rings is 1. The highest BCUT2D eigenvalue weighted by molar-refractivity contribution is 9.10. The molecule has 0 aliphatic heterocycles. The maximum Gasteiger partial charge on any atom is 0.0763 e. The molecule has 1 heterocycles. The minimum Gasteiger partial charge on any atom is -0.260 e. The Bertz CT molecular complexity index is 237. The summed E-state index contributed by atoms with van der Waals surface area (Å²) in [5.41, 5.74) is 0.941. The lowest BCUT2D eigenvalue weighted by Gasteiger charge is -1.99. The predicted molar refractivity (Wildman–Crippen MR) is 46.3 cm³/mol. The molecular formula is C7H7BrClN. The summed E-state index contributed by atoms with van der Waals surface area (Å²) in [5, 5.41) is 0.727. The fraction of sp³-hybridized carbons (Fsp3) is 0.286. The molecule has 54 valence electrons. The Balaban J connectivity index is 3.14. The van der Waals surface area contributed by atoms with Crippen LogP contribution in [0.5, 0.6) is 0 Å². The molecule has 0 N–H and O–H groups in total. The van der Waals surface area contributed by atoms with E-state index in [0.29, 0.717) is 0 Å². The van der Waals surface area contributed by atoms with Crippen LogP contribution in [-0.2, 0) is 6.42 Å². The number of hydrogen-bond acceptors (Lipinski definition) is 1. The van der Waals surface area contributed by atoms with Crippen LogP contribution < -0.4 is 0 Å². The zero-order chi connectivity index (χ0) is 7.56. The molecular weight excluding hydrogens is 213 g/mol. The van der Waals surface area contributed by atoms with E-state index in [2.05, 4.69) is 20.9 Å². The van der Waals surface area contributed by atoms with Crippen molar-refractivity contribution in [2.24, 2.45) is 0 Å². The molecule has 0 saturated carbocycles. The normalized spacial score (nSPS) is 9.90. The van der Waals surface area contributed by atoms with Gasteiger partial charge >= 0.3 is 0 Å². The van der Waals surface area contributed by atoms with Crippen molar-refractivity contribution in [3.05, 3.63) is 27.5 Å². The third-order valence-electron chi connectivity index (χ3n) is 1.25. The Labute approximate surface area is 73.6 Å². The molecule has 0 spiro atoms. The largest absolute Gasteiger partial charge is 0.260 e. The molecule has 0 atom stereocenters. The SMILES string of the molecule is CCc1nccc(Br)c1Cl. The molecule has 0 aliphatic carbocycles. The van der Waals surface area contributed by atoms with Crippen LogP contribution in [0.15, 0.2) is 16.7 Å². The molecule has 0 bridgehead atoms. The summed E-state index contributed by atoms with van der Waals surface area (Å²) in [6, 6.07) is 1.83. The van der Waals surface area contributed by atoms with E-state index in [1.54, 1.807) is 6.20 Å². The van der Waals surface area contributed by atoms with Gasteiger partial charge in [0.25, 0.3) is 0 Å². The zero-order valence-corrected chi connectivity index (χ0v) is 7.91. The Morgan fingerprint density at radius 3 is 2.90 bits per heavy atom. The van der Waals surface area contributed by atoms with E-state index >= 15 is 0 Å². The van der Waals surface area contributed by atoms with Crippen LogP contribution in [0.2, 0.25) is 5.02 Å². The van der Waals surface area contributed by atoms with Gasteiger partial charge in [-0.25, -0.2) is 0 Å². The lowest BCUT2D eigenvalue weighted by Crippen LogP contribution is -1.87. The first-order valence-corrected chi connectivity index (χ1v) is 4.21. The molecule has 0 amide bonds. The molecule has 0 fully saturated rings. The van der Waals surface area contributed by atoms with Gasteiger partial charge < -0.3 is 0 Å². The van der Waals surface area contributed by atoms with Gasteiger partial charge in [0.15, 0.2) is 0 Å². The van der Waals surface area contributed by atoms with Gasteiger partial charge in [-0.1, -0.05) is 18.5 Å². The van der Waals surface area contributed by atoms with E-state index in [-0.39, 0.29) is 0 Å². The van der Waals surface area contributed by atoms with Crippen molar-refractivity contribution in [1.29, 1.82) is 0 Å². The van der Waals surface area contributed by atoms with Crippen LogP contribution in [0.3, 0.4) is 0 Å². The summed E-state index contributed by atoms with van der Waals surface area (Å²) in [6.45, 7) is 2.03. The molecule has 1 aromatic heterocycles. The Hall–Kier alpha value is -0.0800. The molecule has 1 aromatic rings. The van der Waals surface area contributed by atoms with E-state index in [4.69, 9.17) is 11.6 Å². The second-order valence-corrected chi connectivity index (χ2v) is 3.14. The summed E-state index contributed by atoms with van der Waals surface area (Å²) in [6.07, 6.45) is 2.62. The van der Waals surface area contributed by atoms with E-state index in [9.17, 15) is 0 Å². The van der Waals surface area contributed by atoms with Crippen LogP contribution in [0, 0.1) is 0 Å². The lowest BCUT2D eigenvalue weighted by atomic mass is 10.3. The third-order valence-corrected chi connectivity index (χ3v) is 2.56. The number of nitrogens with zero attached hydrogens (tertiary/aromatic N) is 1. The van der Waals surface area contributed by atoms with E-state index < -0.39 is 0 Å². The summed E-state index contributed by atoms with van der Waals surface area (Å²) in [4.78, 5) is 4.10. The van der Waals surface area contributed by atoms with Crippen molar-refractivity contribution in [2.75, 3.05) is 0 Å². The van der Waals surface area contributed by atoms with Gasteiger partial charge in [-0.15, -0.1) is 0 Å². The van der Waals surface area contributed by atoms with Gasteiger partial charge in [-0.2, -0.15) is 0 Å². The first-order chi connectivity index (χ1) is 4.75. The topological polar surface area (TPSA) is 12.9 Å². The molecule has 0 saturated heterocycles. The van der Waals surface area contributed by atoms with Crippen molar-refractivity contribution < 1.29 is 0 Å².